The van der Waals surface area contributed by atoms with Gasteiger partial charge in [-0.3, -0.25) is 9.78 Å². The predicted octanol–water partition coefficient (Wildman–Crippen LogP) is 4.07. The number of para-hydroxylation sites is 1. The summed E-state index contributed by atoms with van der Waals surface area (Å²) >= 11 is 0. The molecule has 24 heavy (non-hydrogen) atoms. The second kappa shape index (κ2) is 7.55. The van der Waals surface area contributed by atoms with E-state index in [4.69, 9.17) is 0 Å². The molecule has 3 rings (SSSR count). The van der Waals surface area contributed by atoms with Gasteiger partial charge in [0.15, 0.2) is 0 Å². The van der Waals surface area contributed by atoms with E-state index in [0.717, 1.165) is 16.9 Å². The second-order valence-corrected chi connectivity index (χ2v) is 5.72. The van der Waals surface area contributed by atoms with E-state index in [1.807, 2.05) is 85.9 Å². The SMILES string of the molecule is CN(C(=O)C(Cc1ccccn1)c1ccccc1)c1ccccc1. The van der Waals surface area contributed by atoms with Gasteiger partial charge in [-0.15, -0.1) is 0 Å². The molecule has 3 nitrogen and oxygen atoms in total. The molecule has 0 bridgehead atoms. The summed E-state index contributed by atoms with van der Waals surface area (Å²) in [4.78, 5) is 19.3. The fraction of sp³-hybridized carbons (Fsp3) is 0.143. The van der Waals surface area contributed by atoms with Crippen LogP contribution in [0.25, 0.3) is 0 Å². The predicted molar refractivity (Wildman–Crippen MR) is 97.0 cm³/mol. The summed E-state index contributed by atoms with van der Waals surface area (Å²) in [6.07, 6.45) is 2.35. The molecule has 0 aliphatic carbocycles. The number of hydrogen-bond donors (Lipinski definition) is 0. The van der Waals surface area contributed by atoms with Crippen LogP contribution in [0.2, 0.25) is 0 Å². The Morgan fingerprint density at radius 2 is 1.54 bits per heavy atom. The molecule has 0 saturated carbocycles. The van der Waals surface area contributed by atoms with Crippen LogP contribution in [0.15, 0.2) is 85.1 Å². The zero-order valence-electron chi connectivity index (χ0n) is 13.7. The van der Waals surface area contributed by atoms with Gasteiger partial charge in [-0.05, 0) is 29.8 Å². The van der Waals surface area contributed by atoms with Crippen molar-refractivity contribution in [2.75, 3.05) is 11.9 Å². The second-order valence-electron chi connectivity index (χ2n) is 5.72. The molecule has 3 heteroatoms. The minimum absolute atomic E-state index is 0.0676. The number of carbonyl (C=O) groups excluding carboxylic acids is 1. The number of carbonyl (C=O) groups is 1. The topological polar surface area (TPSA) is 33.2 Å². The molecule has 0 aliphatic heterocycles. The summed E-state index contributed by atoms with van der Waals surface area (Å²) in [5, 5.41) is 0. The summed E-state index contributed by atoms with van der Waals surface area (Å²) in [7, 11) is 1.83. The minimum Gasteiger partial charge on any atom is -0.315 e. The fourth-order valence-corrected chi connectivity index (χ4v) is 2.77. The zero-order valence-corrected chi connectivity index (χ0v) is 13.7. The lowest BCUT2D eigenvalue weighted by molar-refractivity contribution is -0.119. The summed E-state index contributed by atoms with van der Waals surface area (Å²) in [6, 6.07) is 25.4. The van der Waals surface area contributed by atoms with Crippen molar-refractivity contribution in [2.24, 2.45) is 0 Å². The van der Waals surface area contributed by atoms with Crippen molar-refractivity contribution in [2.45, 2.75) is 12.3 Å². The van der Waals surface area contributed by atoms with Crippen LogP contribution in [-0.2, 0) is 11.2 Å². The quantitative estimate of drug-likeness (QED) is 0.711. The highest BCUT2D eigenvalue weighted by molar-refractivity contribution is 5.97. The Morgan fingerprint density at radius 3 is 2.17 bits per heavy atom. The highest BCUT2D eigenvalue weighted by Crippen LogP contribution is 2.25. The van der Waals surface area contributed by atoms with Gasteiger partial charge in [-0.25, -0.2) is 0 Å². The maximum atomic E-state index is 13.1. The third-order valence-electron chi connectivity index (χ3n) is 4.11. The van der Waals surface area contributed by atoms with Crippen molar-refractivity contribution in [1.29, 1.82) is 0 Å². The minimum atomic E-state index is -0.258. The van der Waals surface area contributed by atoms with Crippen molar-refractivity contribution in [3.05, 3.63) is 96.3 Å². The zero-order chi connectivity index (χ0) is 16.8. The highest BCUT2D eigenvalue weighted by atomic mass is 16.2. The molecule has 3 aromatic rings. The van der Waals surface area contributed by atoms with Gasteiger partial charge in [0.05, 0.1) is 5.92 Å². The average molecular weight is 316 g/mol. The number of benzene rings is 2. The third kappa shape index (κ3) is 3.69. The van der Waals surface area contributed by atoms with Gasteiger partial charge in [0.25, 0.3) is 0 Å². The molecule has 0 saturated heterocycles. The number of aromatic nitrogens is 1. The summed E-state index contributed by atoms with van der Waals surface area (Å²) in [6.45, 7) is 0. The molecular formula is C21H20N2O. The van der Waals surface area contributed by atoms with Gasteiger partial charge in [-0.2, -0.15) is 0 Å². The first-order chi connectivity index (χ1) is 11.8. The van der Waals surface area contributed by atoms with Crippen LogP contribution in [0.1, 0.15) is 17.2 Å². The number of nitrogens with zero attached hydrogens (tertiary/aromatic N) is 2. The first-order valence-corrected chi connectivity index (χ1v) is 8.03. The Kier molecular flexibility index (Phi) is 5.02. The molecule has 1 atom stereocenters. The number of pyridine rings is 1. The lowest BCUT2D eigenvalue weighted by Crippen LogP contribution is -2.32. The van der Waals surface area contributed by atoms with Crippen LogP contribution < -0.4 is 4.90 Å². The molecule has 0 radical (unpaired) electrons. The Morgan fingerprint density at radius 1 is 0.917 bits per heavy atom. The summed E-state index contributed by atoms with van der Waals surface area (Å²) < 4.78 is 0. The van der Waals surface area contributed by atoms with E-state index in [2.05, 4.69) is 4.98 Å². The Bertz CT molecular complexity index is 773. The molecule has 0 N–H and O–H groups in total. The largest absolute Gasteiger partial charge is 0.315 e. The normalized spacial score (nSPS) is 11.7. The van der Waals surface area contributed by atoms with E-state index < -0.39 is 0 Å². The van der Waals surface area contributed by atoms with Gasteiger partial charge < -0.3 is 4.90 Å². The average Bonchev–Trinajstić information content (AvgIpc) is 2.67. The Labute approximate surface area is 142 Å². The molecule has 0 aliphatic rings. The van der Waals surface area contributed by atoms with Crippen LogP contribution in [0, 0.1) is 0 Å². The number of amides is 1. The third-order valence-corrected chi connectivity index (χ3v) is 4.11. The molecule has 1 unspecified atom stereocenters. The monoisotopic (exact) mass is 316 g/mol. The van der Waals surface area contributed by atoms with E-state index in [1.54, 1.807) is 11.1 Å². The van der Waals surface area contributed by atoms with E-state index in [9.17, 15) is 4.79 Å². The van der Waals surface area contributed by atoms with Gasteiger partial charge >= 0.3 is 0 Å². The van der Waals surface area contributed by atoms with Gasteiger partial charge in [-0.1, -0.05) is 54.6 Å². The van der Waals surface area contributed by atoms with Crippen molar-refractivity contribution >= 4 is 11.6 Å². The van der Waals surface area contributed by atoms with Gasteiger partial charge in [0, 0.05) is 31.0 Å². The first kappa shape index (κ1) is 15.9. The van der Waals surface area contributed by atoms with Crippen LogP contribution in [0.3, 0.4) is 0 Å². The maximum absolute atomic E-state index is 13.1. The van der Waals surface area contributed by atoms with E-state index in [0.29, 0.717) is 6.42 Å². The van der Waals surface area contributed by atoms with Crippen molar-refractivity contribution in [3.8, 4) is 0 Å². The first-order valence-electron chi connectivity index (χ1n) is 8.03. The van der Waals surface area contributed by atoms with Crippen molar-refractivity contribution in [3.63, 3.8) is 0 Å². The van der Waals surface area contributed by atoms with Crippen LogP contribution >= 0.6 is 0 Å². The van der Waals surface area contributed by atoms with Crippen LogP contribution in [-0.4, -0.2) is 17.9 Å². The summed E-state index contributed by atoms with van der Waals surface area (Å²) in [5.74, 6) is -0.190. The van der Waals surface area contributed by atoms with E-state index >= 15 is 0 Å². The van der Waals surface area contributed by atoms with Crippen LogP contribution in [0.4, 0.5) is 5.69 Å². The van der Waals surface area contributed by atoms with E-state index in [-0.39, 0.29) is 11.8 Å². The Hall–Kier alpha value is -2.94. The Balaban J connectivity index is 1.91. The van der Waals surface area contributed by atoms with E-state index in [1.165, 1.54) is 0 Å². The molecule has 0 spiro atoms. The van der Waals surface area contributed by atoms with Gasteiger partial charge in [0.1, 0.15) is 0 Å². The highest BCUT2D eigenvalue weighted by Gasteiger charge is 2.25. The summed E-state index contributed by atoms with van der Waals surface area (Å²) in [5.41, 5.74) is 2.82. The smallest absolute Gasteiger partial charge is 0.234 e. The number of likely N-dealkylation sites (N-methyl/N-ethyl adjacent to an activating group) is 1. The van der Waals surface area contributed by atoms with Crippen molar-refractivity contribution < 1.29 is 4.79 Å². The number of rotatable bonds is 5. The molecule has 1 heterocycles. The molecule has 1 amide bonds. The van der Waals surface area contributed by atoms with Crippen molar-refractivity contribution in [1.82, 2.24) is 4.98 Å². The number of anilines is 1. The lowest BCUT2D eigenvalue weighted by Gasteiger charge is -2.24. The molecule has 0 fully saturated rings. The molecule has 1 aromatic heterocycles. The molecule has 2 aromatic carbocycles. The number of hydrogen-bond acceptors (Lipinski definition) is 2. The fourth-order valence-electron chi connectivity index (χ4n) is 2.77. The van der Waals surface area contributed by atoms with Crippen LogP contribution in [0.5, 0.6) is 0 Å². The molecular weight excluding hydrogens is 296 g/mol. The molecule has 120 valence electrons. The standard InChI is InChI=1S/C21H20N2O/c1-23(19-13-6-3-7-14-19)21(24)20(17-10-4-2-5-11-17)16-18-12-8-9-15-22-18/h2-15,20H,16H2,1H3. The van der Waals surface area contributed by atoms with Gasteiger partial charge in [0.2, 0.25) is 5.91 Å². The lowest BCUT2D eigenvalue weighted by atomic mass is 9.92. The maximum Gasteiger partial charge on any atom is 0.234 e.